The van der Waals surface area contributed by atoms with Crippen molar-refractivity contribution in [3.05, 3.63) is 33.4 Å². The summed E-state index contributed by atoms with van der Waals surface area (Å²) in [4.78, 5) is 28.0. The number of H-pyrrole nitrogens is 1. The number of carbonyl (C=O) groups excluding carboxylic acids is 1. The summed E-state index contributed by atoms with van der Waals surface area (Å²) in [7, 11) is 0. The van der Waals surface area contributed by atoms with Gasteiger partial charge in [-0.1, -0.05) is 0 Å². The van der Waals surface area contributed by atoms with Gasteiger partial charge in [0, 0.05) is 41.5 Å². The molecule has 0 saturated heterocycles. The van der Waals surface area contributed by atoms with Gasteiger partial charge in [0.05, 0.1) is 0 Å². The SMILES string of the molecule is Cc1nc2cc(=O)[nH]n2c(C)c1CNC(=O)C1CCC(N)C1.Cl.Cl. The van der Waals surface area contributed by atoms with Gasteiger partial charge >= 0.3 is 0 Å². The second kappa shape index (κ2) is 8.00. The predicted molar refractivity (Wildman–Crippen MR) is 96.9 cm³/mol. The van der Waals surface area contributed by atoms with Crippen LogP contribution in [0.3, 0.4) is 0 Å². The van der Waals surface area contributed by atoms with E-state index >= 15 is 0 Å². The first-order valence-electron chi connectivity index (χ1n) is 7.57. The van der Waals surface area contributed by atoms with E-state index < -0.39 is 0 Å². The number of fused-ring (bicyclic) bond motifs is 1. The van der Waals surface area contributed by atoms with Crippen LogP contribution in [-0.2, 0) is 11.3 Å². The molecular weight excluding hydrogens is 353 g/mol. The molecule has 2 atom stereocenters. The maximum atomic E-state index is 12.2. The molecule has 2 heterocycles. The molecule has 3 rings (SSSR count). The Hall–Kier alpha value is -1.57. The first kappa shape index (κ1) is 20.5. The van der Waals surface area contributed by atoms with Crippen molar-refractivity contribution in [2.45, 2.75) is 45.7 Å². The van der Waals surface area contributed by atoms with Crippen LogP contribution in [0.2, 0.25) is 0 Å². The van der Waals surface area contributed by atoms with Crippen LogP contribution >= 0.6 is 24.8 Å². The monoisotopic (exact) mass is 375 g/mol. The van der Waals surface area contributed by atoms with E-state index in [4.69, 9.17) is 5.73 Å². The van der Waals surface area contributed by atoms with Crippen LogP contribution in [0.4, 0.5) is 0 Å². The van der Waals surface area contributed by atoms with E-state index in [0.29, 0.717) is 12.2 Å². The first-order chi connectivity index (χ1) is 10.5. The van der Waals surface area contributed by atoms with Crippen LogP contribution in [0.1, 0.15) is 36.2 Å². The van der Waals surface area contributed by atoms with Crippen molar-refractivity contribution in [1.82, 2.24) is 19.9 Å². The molecule has 1 amide bonds. The van der Waals surface area contributed by atoms with Crippen LogP contribution in [0, 0.1) is 19.8 Å². The lowest BCUT2D eigenvalue weighted by Crippen LogP contribution is -2.30. The second-order valence-electron chi connectivity index (χ2n) is 6.06. The van der Waals surface area contributed by atoms with Crippen LogP contribution < -0.4 is 16.6 Å². The van der Waals surface area contributed by atoms with Gasteiger partial charge in [0.2, 0.25) is 5.91 Å². The van der Waals surface area contributed by atoms with Crippen molar-refractivity contribution < 1.29 is 4.79 Å². The number of nitrogens with zero attached hydrogens (tertiary/aromatic N) is 2. The fourth-order valence-corrected chi connectivity index (χ4v) is 3.19. The summed E-state index contributed by atoms with van der Waals surface area (Å²) in [6, 6.07) is 1.60. The number of nitrogens with two attached hydrogens (primary N) is 1. The van der Waals surface area contributed by atoms with Crippen LogP contribution in [0.15, 0.2) is 10.9 Å². The molecule has 2 unspecified atom stereocenters. The molecule has 7 nitrogen and oxygen atoms in total. The number of rotatable bonds is 3. The largest absolute Gasteiger partial charge is 0.352 e. The van der Waals surface area contributed by atoms with Gasteiger partial charge in [0.1, 0.15) is 0 Å². The smallest absolute Gasteiger partial charge is 0.266 e. The number of nitrogens with one attached hydrogen (secondary N) is 2. The number of hydrogen-bond donors (Lipinski definition) is 3. The highest BCUT2D eigenvalue weighted by Gasteiger charge is 2.27. The van der Waals surface area contributed by atoms with Gasteiger partial charge < -0.3 is 11.1 Å². The Morgan fingerprint density at radius 3 is 2.75 bits per heavy atom. The molecule has 2 aromatic rings. The Labute approximate surface area is 152 Å². The summed E-state index contributed by atoms with van der Waals surface area (Å²) in [6.45, 7) is 4.20. The zero-order chi connectivity index (χ0) is 15.9. The molecule has 0 bridgehead atoms. The fourth-order valence-electron chi connectivity index (χ4n) is 3.19. The number of amides is 1. The zero-order valence-corrected chi connectivity index (χ0v) is 15.3. The molecule has 134 valence electrons. The lowest BCUT2D eigenvalue weighted by Gasteiger charge is -2.14. The average Bonchev–Trinajstić information content (AvgIpc) is 3.04. The molecule has 0 spiro atoms. The standard InChI is InChI=1S/C15H21N5O2.2ClH/c1-8-12(7-17-15(22)10-3-4-11(16)5-10)9(2)20-13(18-8)6-14(21)19-20;;/h6,10-11H,3-5,7,16H2,1-2H3,(H,17,22)(H,19,21);2*1H. The summed E-state index contributed by atoms with van der Waals surface area (Å²) in [5.74, 6) is 0.0616. The van der Waals surface area contributed by atoms with E-state index in [0.717, 1.165) is 36.2 Å². The number of carbonyl (C=O) groups is 1. The zero-order valence-electron chi connectivity index (χ0n) is 13.7. The molecule has 0 aliphatic heterocycles. The summed E-state index contributed by atoms with van der Waals surface area (Å²) in [6.07, 6.45) is 2.52. The molecule has 0 radical (unpaired) electrons. The molecule has 1 aliphatic carbocycles. The van der Waals surface area contributed by atoms with Crippen molar-refractivity contribution >= 4 is 36.4 Å². The van der Waals surface area contributed by atoms with E-state index in [2.05, 4.69) is 15.4 Å². The van der Waals surface area contributed by atoms with E-state index in [9.17, 15) is 9.59 Å². The molecule has 1 aliphatic rings. The van der Waals surface area contributed by atoms with Gasteiger partial charge in [0.25, 0.3) is 5.56 Å². The number of aromatic nitrogens is 3. The molecule has 9 heteroatoms. The predicted octanol–water partition coefficient (Wildman–Crippen LogP) is 1.23. The molecule has 4 N–H and O–H groups in total. The maximum absolute atomic E-state index is 12.2. The number of aromatic amines is 1. The third kappa shape index (κ3) is 3.91. The minimum atomic E-state index is -0.184. The topological polar surface area (TPSA) is 105 Å². The summed E-state index contributed by atoms with van der Waals surface area (Å²) < 4.78 is 1.66. The third-order valence-electron chi connectivity index (χ3n) is 4.49. The van der Waals surface area contributed by atoms with Crippen LogP contribution in [0.5, 0.6) is 0 Å². The lowest BCUT2D eigenvalue weighted by atomic mass is 10.1. The highest BCUT2D eigenvalue weighted by atomic mass is 35.5. The Morgan fingerprint density at radius 2 is 2.12 bits per heavy atom. The van der Waals surface area contributed by atoms with E-state index in [1.165, 1.54) is 6.07 Å². The minimum absolute atomic E-state index is 0. The normalized spacial score (nSPS) is 19.6. The highest BCUT2D eigenvalue weighted by molar-refractivity contribution is 5.85. The minimum Gasteiger partial charge on any atom is -0.352 e. The Morgan fingerprint density at radius 1 is 1.42 bits per heavy atom. The Bertz CT molecular complexity index is 786. The fraction of sp³-hybridized carbons (Fsp3) is 0.533. The van der Waals surface area contributed by atoms with Crippen molar-refractivity contribution in [2.24, 2.45) is 11.7 Å². The maximum Gasteiger partial charge on any atom is 0.266 e. The van der Waals surface area contributed by atoms with E-state index in [1.54, 1.807) is 4.52 Å². The van der Waals surface area contributed by atoms with Crippen LogP contribution in [0.25, 0.3) is 5.65 Å². The molecule has 1 fully saturated rings. The number of halogens is 2. The average molecular weight is 376 g/mol. The quantitative estimate of drug-likeness (QED) is 0.749. The Kier molecular flexibility index (Phi) is 6.83. The van der Waals surface area contributed by atoms with E-state index in [1.807, 2.05) is 13.8 Å². The molecule has 0 aromatic carbocycles. The number of hydrogen-bond acceptors (Lipinski definition) is 4. The Balaban J connectivity index is 0.00000144. The van der Waals surface area contributed by atoms with Gasteiger partial charge in [0.15, 0.2) is 5.65 Å². The van der Waals surface area contributed by atoms with Crippen molar-refractivity contribution in [3.63, 3.8) is 0 Å². The lowest BCUT2D eigenvalue weighted by molar-refractivity contribution is -0.125. The third-order valence-corrected chi connectivity index (χ3v) is 4.49. The van der Waals surface area contributed by atoms with Gasteiger partial charge in [-0.15, -0.1) is 24.8 Å². The van der Waals surface area contributed by atoms with E-state index in [-0.39, 0.29) is 48.2 Å². The van der Waals surface area contributed by atoms with Gasteiger partial charge in [-0.3, -0.25) is 14.7 Å². The van der Waals surface area contributed by atoms with Gasteiger partial charge in [-0.2, -0.15) is 0 Å². The second-order valence-corrected chi connectivity index (χ2v) is 6.06. The molecule has 1 saturated carbocycles. The summed E-state index contributed by atoms with van der Waals surface area (Å²) in [5.41, 5.74) is 8.89. The highest BCUT2D eigenvalue weighted by Crippen LogP contribution is 2.24. The van der Waals surface area contributed by atoms with Crippen molar-refractivity contribution in [2.75, 3.05) is 0 Å². The summed E-state index contributed by atoms with van der Waals surface area (Å²) >= 11 is 0. The van der Waals surface area contributed by atoms with Crippen molar-refractivity contribution in [1.29, 1.82) is 0 Å². The van der Waals surface area contributed by atoms with Crippen LogP contribution in [-0.4, -0.2) is 26.5 Å². The number of aryl methyl sites for hydroxylation is 2. The molecule has 24 heavy (non-hydrogen) atoms. The van der Waals surface area contributed by atoms with Gasteiger partial charge in [-0.05, 0) is 33.1 Å². The summed E-state index contributed by atoms with van der Waals surface area (Å²) in [5, 5.41) is 5.69. The molecular formula is C15H23Cl2N5O2. The van der Waals surface area contributed by atoms with Gasteiger partial charge in [-0.25, -0.2) is 9.50 Å². The first-order valence-corrected chi connectivity index (χ1v) is 7.57. The molecule has 2 aromatic heterocycles. The van der Waals surface area contributed by atoms with Crippen molar-refractivity contribution in [3.8, 4) is 0 Å².